The van der Waals surface area contributed by atoms with Gasteiger partial charge in [0.25, 0.3) is 5.91 Å². The van der Waals surface area contributed by atoms with Gasteiger partial charge in [-0.3, -0.25) is 4.79 Å². The van der Waals surface area contributed by atoms with Crippen LogP contribution in [0.15, 0.2) is 48.5 Å². The smallest absolute Gasteiger partial charge is 0.407 e. The second-order valence-electron chi connectivity index (χ2n) is 9.04. The fourth-order valence-corrected chi connectivity index (χ4v) is 5.39. The fourth-order valence-electron chi connectivity index (χ4n) is 5.39. The maximum Gasteiger partial charge on any atom is 0.407 e. The first-order valence-corrected chi connectivity index (χ1v) is 11.8. The second kappa shape index (κ2) is 9.46. The first-order chi connectivity index (χ1) is 16.5. The Labute approximate surface area is 197 Å². The number of amides is 2. The number of nitrogens with one attached hydrogen (secondary N) is 1. The Kier molecular flexibility index (Phi) is 6.24. The molecule has 2 aromatic carbocycles. The van der Waals surface area contributed by atoms with Crippen molar-refractivity contribution in [1.82, 2.24) is 10.2 Å². The van der Waals surface area contributed by atoms with Crippen LogP contribution in [0.25, 0.3) is 11.1 Å². The molecule has 0 aromatic heterocycles. The van der Waals surface area contributed by atoms with Crippen molar-refractivity contribution in [2.45, 2.75) is 49.8 Å². The summed E-state index contributed by atoms with van der Waals surface area (Å²) >= 11 is 0. The van der Waals surface area contributed by atoms with Gasteiger partial charge in [0.1, 0.15) is 12.6 Å². The summed E-state index contributed by atoms with van der Waals surface area (Å²) in [7, 11) is 0. The third-order valence-corrected chi connectivity index (χ3v) is 7.05. The first-order valence-electron chi connectivity index (χ1n) is 11.8. The van der Waals surface area contributed by atoms with Crippen LogP contribution < -0.4 is 5.32 Å². The number of carboxylic acid groups (broad SMARTS) is 1. The van der Waals surface area contributed by atoms with Gasteiger partial charge in [0.2, 0.25) is 0 Å². The average Bonchev–Trinajstić information content (AvgIpc) is 3.44. The van der Waals surface area contributed by atoms with Crippen LogP contribution in [0, 0.1) is 0 Å². The number of fused-ring (bicyclic) bond motifs is 3. The molecule has 8 heteroatoms. The maximum absolute atomic E-state index is 13.1. The van der Waals surface area contributed by atoms with Gasteiger partial charge < -0.3 is 24.8 Å². The van der Waals surface area contributed by atoms with Gasteiger partial charge in [-0.05, 0) is 47.9 Å². The molecule has 3 aliphatic rings. The lowest BCUT2D eigenvalue weighted by atomic mass is 9.98. The second-order valence-corrected chi connectivity index (χ2v) is 9.04. The minimum absolute atomic E-state index is 0.0555. The number of carbonyl (C=O) groups excluding carboxylic acids is 2. The van der Waals surface area contributed by atoms with E-state index in [9.17, 15) is 19.5 Å². The van der Waals surface area contributed by atoms with E-state index in [1.165, 1.54) is 4.90 Å². The van der Waals surface area contributed by atoms with Gasteiger partial charge in [-0.2, -0.15) is 0 Å². The van der Waals surface area contributed by atoms with Crippen molar-refractivity contribution in [1.29, 1.82) is 0 Å². The summed E-state index contributed by atoms with van der Waals surface area (Å²) in [6, 6.07) is 14.8. The number of benzene rings is 2. The van der Waals surface area contributed by atoms with E-state index in [1.54, 1.807) is 0 Å². The molecule has 2 aliphatic heterocycles. The number of piperidine rings is 1. The normalized spacial score (nSPS) is 23.8. The Bertz CT molecular complexity index is 1060. The molecule has 0 bridgehead atoms. The van der Waals surface area contributed by atoms with Crippen molar-refractivity contribution >= 4 is 18.0 Å². The Morgan fingerprint density at radius 1 is 1.00 bits per heavy atom. The maximum atomic E-state index is 13.1. The Hall–Kier alpha value is -3.39. The molecule has 5 rings (SSSR count). The average molecular weight is 465 g/mol. The summed E-state index contributed by atoms with van der Waals surface area (Å²) in [6.45, 7) is 0.878. The highest BCUT2D eigenvalue weighted by molar-refractivity contribution is 5.88. The Morgan fingerprint density at radius 3 is 2.35 bits per heavy atom. The molecule has 3 atom stereocenters. The van der Waals surface area contributed by atoms with Gasteiger partial charge in [-0.15, -0.1) is 0 Å². The van der Waals surface area contributed by atoms with Crippen LogP contribution in [-0.2, 0) is 19.1 Å². The summed E-state index contributed by atoms with van der Waals surface area (Å²) in [5.41, 5.74) is 4.55. The van der Waals surface area contributed by atoms with E-state index in [-0.39, 0.29) is 18.4 Å². The number of aliphatic carboxylic acids is 1. The van der Waals surface area contributed by atoms with Crippen molar-refractivity contribution in [2.75, 3.05) is 19.8 Å². The lowest BCUT2D eigenvalue weighted by molar-refractivity contribution is -0.157. The number of hydrogen-bond donors (Lipinski definition) is 2. The molecule has 2 aromatic rings. The standard InChI is InChI=1S/C26H28N2O6/c29-24(28-13-6-5-11-22(28)25(30)31)23-21(12-14-33-23)27-26(32)34-15-20-18-9-3-1-7-16(18)17-8-2-4-10-19(17)20/h1-4,7-10,20-23H,5-6,11-15H2,(H,27,32)(H,30,31)/t21-,22+,23+/m1/s1. The van der Waals surface area contributed by atoms with Crippen molar-refractivity contribution in [2.24, 2.45) is 0 Å². The largest absolute Gasteiger partial charge is 0.480 e. The summed E-state index contributed by atoms with van der Waals surface area (Å²) in [6.07, 6.45) is 0.911. The summed E-state index contributed by atoms with van der Waals surface area (Å²) < 4.78 is 11.2. The molecule has 178 valence electrons. The lowest BCUT2D eigenvalue weighted by Crippen LogP contribution is -2.55. The first kappa shape index (κ1) is 22.4. The highest BCUT2D eigenvalue weighted by Crippen LogP contribution is 2.44. The number of ether oxygens (including phenoxy) is 2. The van der Waals surface area contributed by atoms with Crippen LogP contribution in [0.4, 0.5) is 4.79 Å². The van der Waals surface area contributed by atoms with Gasteiger partial charge >= 0.3 is 12.1 Å². The van der Waals surface area contributed by atoms with E-state index >= 15 is 0 Å². The van der Waals surface area contributed by atoms with Crippen LogP contribution >= 0.6 is 0 Å². The molecule has 2 N–H and O–H groups in total. The number of nitrogens with zero attached hydrogens (tertiary/aromatic N) is 1. The molecule has 0 saturated carbocycles. The third-order valence-electron chi connectivity index (χ3n) is 7.05. The summed E-state index contributed by atoms with van der Waals surface area (Å²) in [5.74, 6) is -1.44. The Morgan fingerprint density at radius 2 is 1.68 bits per heavy atom. The van der Waals surface area contributed by atoms with E-state index in [0.29, 0.717) is 26.0 Å². The van der Waals surface area contributed by atoms with E-state index in [2.05, 4.69) is 29.6 Å². The predicted molar refractivity (Wildman–Crippen MR) is 123 cm³/mol. The zero-order valence-electron chi connectivity index (χ0n) is 18.8. The van der Waals surface area contributed by atoms with Crippen molar-refractivity contribution < 1.29 is 29.0 Å². The highest BCUT2D eigenvalue weighted by atomic mass is 16.6. The molecule has 0 unspecified atom stereocenters. The molecule has 2 saturated heterocycles. The van der Waals surface area contributed by atoms with Gasteiger partial charge in [0, 0.05) is 19.1 Å². The van der Waals surface area contributed by atoms with Crippen LogP contribution in [0.5, 0.6) is 0 Å². The van der Waals surface area contributed by atoms with Gasteiger partial charge in [-0.25, -0.2) is 9.59 Å². The van der Waals surface area contributed by atoms with Gasteiger partial charge in [0.15, 0.2) is 6.10 Å². The summed E-state index contributed by atoms with van der Waals surface area (Å²) in [5, 5.41) is 12.3. The molecule has 8 nitrogen and oxygen atoms in total. The van der Waals surface area contributed by atoms with Crippen LogP contribution in [-0.4, -0.2) is 65.9 Å². The number of carboxylic acids is 1. The number of carbonyl (C=O) groups is 3. The SMILES string of the molecule is O=C(N[C@@H]1CCO[C@@H]1C(=O)N1CCCC[C@H]1C(=O)O)OCC1c2ccccc2-c2ccccc21. The lowest BCUT2D eigenvalue weighted by Gasteiger charge is -2.35. The van der Waals surface area contributed by atoms with E-state index in [1.807, 2.05) is 24.3 Å². The Balaban J connectivity index is 1.23. The number of hydrogen-bond acceptors (Lipinski definition) is 5. The molecule has 1 aliphatic carbocycles. The van der Waals surface area contributed by atoms with Crippen molar-refractivity contribution in [3.63, 3.8) is 0 Å². The number of rotatable bonds is 5. The topological polar surface area (TPSA) is 105 Å². The van der Waals surface area contributed by atoms with Gasteiger partial charge in [-0.1, -0.05) is 48.5 Å². The molecule has 2 fully saturated rings. The van der Waals surface area contributed by atoms with Gasteiger partial charge in [0.05, 0.1) is 6.04 Å². The highest BCUT2D eigenvalue weighted by Gasteiger charge is 2.42. The van der Waals surface area contributed by atoms with E-state index in [4.69, 9.17) is 9.47 Å². The van der Waals surface area contributed by atoms with Crippen molar-refractivity contribution in [3.8, 4) is 11.1 Å². The predicted octanol–water partition coefficient (Wildman–Crippen LogP) is 3.15. The molecular formula is C26H28N2O6. The molecular weight excluding hydrogens is 436 g/mol. The minimum Gasteiger partial charge on any atom is -0.480 e. The van der Waals surface area contributed by atoms with Crippen molar-refractivity contribution in [3.05, 3.63) is 59.7 Å². The van der Waals surface area contributed by atoms with E-state index in [0.717, 1.165) is 35.1 Å². The van der Waals surface area contributed by atoms with Crippen LogP contribution in [0.3, 0.4) is 0 Å². The summed E-state index contributed by atoms with van der Waals surface area (Å²) in [4.78, 5) is 38.8. The molecule has 0 spiro atoms. The number of alkyl carbamates (subject to hydrolysis) is 1. The number of likely N-dealkylation sites (tertiary alicyclic amines) is 1. The molecule has 34 heavy (non-hydrogen) atoms. The van der Waals surface area contributed by atoms with Crippen LogP contribution in [0.2, 0.25) is 0 Å². The zero-order chi connectivity index (χ0) is 23.7. The van der Waals surface area contributed by atoms with Crippen LogP contribution in [0.1, 0.15) is 42.7 Å². The van der Waals surface area contributed by atoms with E-state index < -0.39 is 30.3 Å². The zero-order valence-corrected chi connectivity index (χ0v) is 18.8. The minimum atomic E-state index is -1.01. The quantitative estimate of drug-likeness (QED) is 0.704. The molecule has 0 radical (unpaired) electrons. The fraction of sp³-hybridized carbons (Fsp3) is 0.423. The molecule has 2 heterocycles. The molecule has 2 amide bonds. The monoisotopic (exact) mass is 464 g/mol. The third kappa shape index (κ3) is 4.14.